The maximum absolute atomic E-state index is 5.32. The molecule has 0 radical (unpaired) electrons. The molecule has 2 aromatic carbocycles. The third kappa shape index (κ3) is 3.82. The standard InChI is InChI=1S/C16H20N2O2/c1-19-14-8-9-16(20-2)15(12-14)18-11-10-17-13-6-4-3-5-7-13/h3-9,12,17-18H,10-11H2,1-2H3. The molecule has 0 aromatic heterocycles. The Kier molecular flexibility index (Phi) is 5.12. The second-order valence-corrected chi connectivity index (χ2v) is 4.29. The van der Waals surface area contributed by atoms with Gasteiger partial charge in [0.2, 0.25) is 0 Å². The van der Waals surface area contributed by atoms with Crippen molar-refractivity contribution in [2.75, 3.05) is 37.9 Å². The third-order valence-corrected chi connectivity index (χ3v) is 2.95. The fourth-order valence-corrected chi connectivity index (χ4v) is 1.91. The molecular formula is C16H20N2O2. The van der Waals surface area contributed by atoms with E-state index in [1.807, 2.05) is 48.5 Å². The van der Waals surface area contributed by atoms with Crippen LogP contribution < -0.4 is 20.1 Å². The zero-order valence-corrected chi connectivity index (χ0v) is 11.8. The zero-order chi connectivity index (χ0) is 14.2. The van der Waals surface area contributed by atoms with Crippen LogP contribution in [0.1, 0.15) is 0 Å². The van der Waals surface area contributed by atoms with Gasteiger partial charge in [-0.05, 0) is 24.3 Å². The third-order valence-electron chi connectivity index (χ3n) is 2.95. The lowest BCUT2D eigenvalue weighted by atomic mass is 10.2. The van der Waals surface area contributed by atoms with Crippen molar-refractivity contribution < 1.29 is 9.47 Å². The summed E-state index contributed by atoms with van der Waals surface area (Å²) in [7, 11) is 3.32. The van der Waals surface area contributed by atoms with Gasteiger partial charge < -0.3 is 20.1 Å². The van der Waals surface area contributed by atoms with Crippen molar-refractivity contribution in [1.29, 1.82) is 0 Å². The maximum Gasteiger partial charge on any atom is 0.142 e. The molecule has 106 valence electrons. The number of hydrogen-bond acceptors (Lipinski definition) is 4. The predicted octanol–water partition coefficient (Wildman–Crippen LogP) is 3.23. The highest BCUT2D eigenvalue weighted by Gasteiger charge is 2.03. The van der Waals surface area contributed by atoms with Crippen LogP contribution in [0.3, 0.4) is 0 Å². The molecule has 0 aliphatic heterocycles. The Morgan fingerprint density at radius 2 is 1.60 bits per heavy atom. The first-order valence-corrected chi connectivity index (χ1v) is 6.58. The quantitative estimate of drug-likeness (QED) is 0.759. The van der Waals surface area contributed by atoms with Crippen LogP contribution in [0.5, 0.6) is 11.5 Å². The van der Waals surface area contributed by atoms with Gasteiger partial charge in [0.05, 0.1) is 19.9 Å². The number of para-hydroxylation sites is 1. The van der Waals surface area contributed by atoms with Crippen molar-refractivity contribution in [3.63, 3.8) is 0 Å². The van der Waals surface area contributed by atoms with Crippen LogP contribution in [0, 0.1) is 0 Å². The second-order valence-electron chi connectivity index (χ2n) is 4.29. The monoisotopic (exact) mass is 272 g/mol. The molecule has 2 rings (SSSR count). The molecule has 20 heavy (non-hydrogen) atoms. The summed E-state index contributed by atoms with van der Waals surface area (Å²) in [5.41, 5.74) is 2.05. The van der Waals surface area contributed by atoms with E-state index < -0.39 is 0 Å². The molecule has 0 saturated heterocycles. The molecule has 0 heterocycles. The molecule has 0 saturated carbocycles. The highest BCUT2D eigenvalue weighted by molar-refractivity contribution is 5.59. The van der Waals surface area contributed by atoms with Crippen LogP contribution in [0.25, 0.3) is 0 Å². The molecule has 0 atom stereocenters. The number of anilines is 2. The molecule has 0 amide bonds. The SMILES string of the molecule is COc1ccc(OC)c(NCCNc2ccccc2)c1. The van der Waals surface area contributed by atoms with E-state index in [1.165, 1.54) is 0 Å². The van der Waals surface area contributed by atoms with E-state index in [-0.39, 0.29) is 0 Å². The Labute approximate surface area is 119 Å². The minimum absolute atomic E-state index is 0.790. The van der Waals surface area contributed by atoms with Gasteiger partial charge in [-0.25, -0.2) is 0 Å². The highest BCUT2D eigenvalue weighted by Crippen LogP contribution is 2.28. The topological polar surface area (TPSA) is 42.5 Å². The van der Waals surface area contributed by atoms with Gasteiger partial charge >= 0.3 is 0 Å². The van der Waals surface area contributed by atoms with Gasteiger partial charge in [-0.15, -0.1) is 0 Å². The summed E-state index contributed by atoms with van der Waals surface area (Å²) in [5, 5.41) is 6.69. The summed E-state index contributed by atoms with van der Waals surface area (Å²) in [6.45, 7) is 1.61. The van der Waals surface area contributed by atoms with E-state index in [9.17, 15) is 0 Å². The first-order chi connectivity index (χ1) is 9.83. The van der Waals surface area contributed by atoms with Crippen LogP contribution >= 0.6 is 0 Å². The Bertz CT molecular complexity index is 529. The number of hydrogen-bond donors (Lipinski definition) is 2. The van der Waals surface area contributed by atoms with Gasteiger partial charge in [0.25, 0.3) is 0 Å². The average molecular weight is 272 g/mol. The largest absolute Gasteiger partial charge is 0.497 e. The summed E-state index contributed by atoms with van der Waals surface area (Å²) in [6.07, 6.45) is 0. The summed E-state index contributed by atoms with van der Waals surface area (Å²) in [5.74, 6) is 1.62. The molecule has 0 spiro atoms. The number of rotatable bonds is 7. The molecule has 0 fully saturated rings. The van der Waals surface area contributed by atoms with Crippen LogP contribution in [0.2, 0.25) is 0 Å². The van der Waals surface area contributed by atoms with Gasteiger partial charge in [-0.3, -0.25) is 0 Å². The van der Waals surface area contributed by atoms with Crippen LogP contribution in [0.4, 0.5) is 11.4 Å². The lowest BCUT2D eigenvalue weighted by Gasteiger charge is -2.13. The molecular weight excluding hydrogens is 252 g/mol. The van der Waals surface area contributed by atoms with Crippen LogP contribution in [-0.2, 0) is 0 Å². The van der Waals surface area contributed by atoms with Crippen molar-refractivity contribution in [1.82, 2.24) is 0 Å². The Hall–Kier alpha value is -2.36. The lowest BCUT2D eigenvalue weighted by molar-refractivity contribution is 0.404. The number of nitrogens with one attached hydrogen (secondary N) is 2. The summed E-state index contributed by atoms with van der Waals surface area (Å²) in [4.78, 5) is 0. The Balaban J connectivity index is 1.87. The van der Waals surface area contributed by atoms with Gasteiger partial charge in [-0.2, -0.15) is 0 Å². The smallest absolute Gasteiger partial charge is 0.142 e. The first-order valence-electron chi connectivity index (χ1n) is 6.58. The zero-order valence-electron chi connectivity index (χ0n) is 11.8. The van der Waals surface area contributed by atoms with E-state index in [1.54, 1.807) is 14.2 Å². The minimum atomic E-state index is 0.790. The molecule has 0 unspecified atom stereocenters. The van der Waals surface area contributed by atoms with E-state index in [0.29, 0.717) is 0 Å². The molecule has 4 nitrogen and oxygen atoms in total. The Morgan fingerprint density at radius 3 is 2.30 bits per heavy atom. The van der Waals surface area contributed by atoms with Gasteiger partial charge in [0.1, 0.15) is 11.5 Å². The van der Waals surface area contributed by atoms with Crippen molar-refractivity contribution in [3.05, 3.63) is 48.5 Å². The maximum atomic E-state index is 5.32. The van der Waals surface area contributed by atoms with Crippen molar-refractivity contribution in [2.24, 2.45) is 0 Å². The van der Waals surface area contributed by atoms with Crippen LogP contribution in [-0.4, -0.2) is 27.3 Å². The van der Waals surface area contributed by atoms with Crippen molar-refractivity contribution >= 4 is 11.4 Å². The van der Waals surface area contributed by atoms with Gasteiger partial charge in [0.15, 0.2) is 0 Å². The molecule has 2 N–H and O–H groups in total. The number of benzene rings is 2. The summed E-state index contributed by atoms with van der Waals surface area (Å²) >= 11 is 0. The molecule has 4 heteroatoms. The average Bonchev–Trinajstić information content (AvgIpc) is 2.52. The highest BCUT2D eigenvalue weighted by atomic mass is 16.5. The normalized spacial score (nSPS) is 9.90. The van der Waals surface area contributed by atoms with E-state index in [4.69, 9.17) is 9.47 Å². The van der Waals surface area contributed by atoms with E-state index in [0.717, 1.165) is 36.0 Å². The van der Waals surface area contributed by atoms with Gasteiger partial charge in [0, 0.05) is 24.8 Å². The molecule has 0 aliphatic carbocycles. The first kappa shape index (κ1) is 14.1. The summed E-state index contributed by atoms with van der Waals surface area (Å²) < 4.78 is 10.5. The number of ether oxygens (including phenoxy) is 2. The number of methoxy groups -OCH3 is 2. The van der Waals surface area contributed by atoms with Gasteiger partial charge in [-0.1, -0.05) is 18.2 Å². The Morgan fingerprint density at radius 1 is 0.850 bits per heavy atom. The lowest BCUT2D eigenvalue weighted by Crippen LogP contribution is -2.14. The van der Waals surface area contributed by atoms with Crippen molar-refractivity contribution in [3.8, 4) is 11.5 Å². The van der Waals surface area contributed by atoms with E-state index >= 15 is 0 Å². The van der Waals surface area contributed by atoms with Crippen molar-refractivity contribution in [2.45, 2.75) is 0 Å². The predicted molar refractivity (Wildman–Crippen MR) is 83.0 cm³/mol. The fourth-order valence-electron chi connectivity index (χ4n) is 1.91. The van der Waals surface area contributed by atoms with Crippen LogP contribution in [0.15, 0.2) is 48.5 Å². The molecule has 2 aromatic rings. The minimum Gasteiger partial charge on any atom is -0.497 e. The molecule has 0 bridgehead atoms. The summed E-state index contributed by atoms with van der Waals surface area (Å²) in [6, 6.07) is 15.8. The molecule has 0 aliphatic rings. The second kappa shape index (κ2) is 7.28. The fraction of sp³-hybridized carbons (Fsp3) is 0.250. The van der Waals surface area contributed by atoms with E-state index in [2.05, 4.69) is 10.6 Å².